The van der Waals surface area contributed by atoms with Crippen LogP contribution in [0, 0.1) is 0 Å². The molecule has 0 saturated heterocycles. The standard InChI is InChI=1S/C34H44GeO/c1-2-3-4-5-6-7-8-9-10-20-28-34(36)29-21-30-35(31-22-14-11-15-23-31,32-24-16-12-17-25-32)33-26-18-13-19-27-33/h11-29,34,36H,2-10,30H2,1H3/b28-20+,29-21+. The van der Waals surface area contributed by atoms with Crippen LogP contribution in [-0.2, 0) is 0 Å². The third-order valence-corrected chi connectivity index (χ3v) is 17.2. The molecule has 1 atom stereocenters. The van der Waals surface area contributed by atoms with E-state index in [-0.39, 0.29) is 0 Å². The summed E-state index contributed by atoms with van der Waals surface area (Å²) in [5, 5.41) is 11.6. The summed E-state index contributed by atoms with van der Waals surface area (Å²) >= 11 is -2.96. The average Bonchev–Trinajstić information content (AvgIpc) is 2.94. The van der Waals surface area contributed by atoms with Crippen molar-refractivity contribution in [2.24, 2.45) is 0 Å². The summed E-state index contributed by atoms with van der Waals surface area (Å²) in [5.74, 6) is 0. The molecular weight excluding hydrogens is 497 g/mol. The number of rotatable bonds is 16. The zero-order valence-electron chi connectivity index (χ0n) is 22.1. The zero-order valence-corrected chi connectivity index (χ0v) is 24.2. The fraction of sp³-hybridized carbons (Fsp3) is 0.353. The van der Waals surface area contributed by atoms with Gasteiger partial charge in [-0.15, -0.1) is 0 Å². The Labute approximate surface area is 222 Å². The van der Waals surface area contributed by atoms with Crippen LogP contribution in [-0.4, -0.2) is 24.5 Å². The molecule has 0 heterocycles. The molecule has 190 valence electrons. The molecule has 1 nitrogen and oxygen atoms in total. The van der Waals surface area contributed by atoms with Gasteiger partial charge in [0.1, 0.15) is 0 Å². The Hall–Kier alpha value is -2.36. The number of allylic oxidation sites excluding steroid dienone is 2. The maximum absolute atomic E-state index is 10.6. The molecule has 36 heavy (non-hydrogen) atoms. The van der Waals surface area contributed by atoms with Gasteiger partial charge in [0.25, 0.3) is 0 Å². The van der Waals surface area contributed by atoms with Gasteiger partial charge in [-0.05, 0) is 0 Å². The minimum atomic E-state index is -2.96. The summed E-state index contributed by atoms with van der Waals surface area (Å²) in [6, 6.07) is 33.1. The summed E-state index contributed by atoms with van der Waals surface area (Å²) in [5.41, 5.74) is 0. The van der Waals surface area contributed by atoms with Gasteiger partial charge in [-0.1, -0.05) is 26.2 Å². The van der Waals surface area contributed by atoms with Crippen LogP contribution in [0.15, 0.2) is 115 Å². The first-order valence-corrected chi connectivity index (χ1v) is 18.6. The van der Waals surface area contributed by atoms with Crippen LogP contribution in [0.25, 0.3) is 0 Å². The van der Waals surface area contributed by atoms with E-state index in [2.05, 4.69) is 110 Å². The van der Waals surface area contributed by atoms with E-state index in [1.807, 2.05) is 12.2 Å². The SMILES string of the molecule is CCCCCCCCCC/C=C/C(O)/C=C/[CH2][Ge]([c]1ccccc1)([c]1ccccc1)[c]1ccccc1. The van der Waals surface area contributed by atoms with E-state index >= 15 is 0 Å². The third kappa shape index (κ3) is 8.64. The second-order valence-electron chi connectivity index (χ2n) is 9.82. The third-order valence-electron chi connectivity index (χ3n) is 7.11. The van der Waals surface area contributed by atoms with Gasteiger partial charge >= 0.3 is 197 Å². The van der Waals surface area contributed by atoms with Crippen molar-refractivity contribution in [1.29, 1.82) is 0 Å². The Bertz CT molecular complexity index is 914. The Kier molecular flexibility index (Phi) is 12.9. The molecule has 0 aliphatic heterocycles. The van der Waals surface area contributed by atoms with Crippen LogP contribution in [0.5, 0.6) is 0 Å². The maximum atomic E-state index is 10.6. The second kappa shape index (κ2) is 16.4. The molecular formula is C34H44GeO. The van der Waals surface area contributed by atoms with Crippen LogP contribution in [0.1, 0.15) is 64.7 Å². The molecule has 0 saturated carbocycles. The van der Waals surface area contributed by atoms with Crippen LogP contribution in [0.3, 0.4) is 0 Å². The van der Waals surface area contributed by atoms with E-state index in [1.54, 1.807) is 0 Å². The molecule has 1 unspecified atom stereocenters. The van der Waals surface area contributed by atoms with Gasteiger partial charge in [0.05, 0.1) is 0 Å². The van der Waals surface area contributed by atoms with Crippen molar-refractivity contribution in [2.45, 2.75) is 76.1 Å². The molecule has 0 radical (unpaired) electrons. The van der Waals surface area contributed by atoms with E-state index in [0.29, 0.717) is 0 Å². The first-order valence-electron chi connectivity index (χ1n) is 14.0. The summed E-state index contributed by atoms with van der Waals surface area (Å²) in [7, 11) is 0. The molecule has 0 aromatic heterocycles. The van der Waals surface area contributed by atoms with Crippen LogP contribution < -0.4 is 13.2 Å². The first kappa shape index (κ1) is 28.2. The van der Waals surface area contributed by atoms with Gasteiger partial charge in [0.15, 0.2) is 0 Å². The molecule has 0 spiro atoms. The molecule has 0 bridgehead atoms. The van der Waals surface area contributed by atoms with Gasteiger partial charge in [0, 0.05) is 0 Å². The zero-order chi connectivity index (χ0) is 25.3. The first-order chi connectivity index (χ1) is 17.8. The van der Waals surface area contributed by atoms with E-state index < -0.39 is 19.4 Å². The van der Waals surface area contributed by atoms with Gasteiger partial charge in [-0.2, -0.15) is 0 Å². The van der Waals surface area contributed by atoms with E-state index in [9.17, 15) is 5.11 Å². The number of aliphatic hydroxyl groups excluding tert-OH is 1. The average molecular weight is 541 g/mol. The Morgan fingerprint density at radius 3 is 1.47 bits per heavy atom. The van der Waals surface area contributed by atoms with Crippen molar-refractivity contribution in [3.05, 3.63) is 115 Å². The molecule has 3 rings (SSSR count). The number of aliphatic hydroxyl groups is 1. The Morgan fingerprint density at radius 2 is 1.00 bits per heavy atom. The quantitative estimate of drug-likeness (QED) is 0.116. The van der Waals surface area contributed by atoms with Crippen molar-refractivity contribution < 1.29 is 5.11 Å². The van der Waals surface area contributed by atoms with Crippen LogP contribution in [0.4, 0.5) is 0 Å². The fourth-order valence-electron chi connectivity index (χ4n) is 5.10. The molecule has 2 heteroatoms. The number of hydrogen-bond acceptors (Lipinski definition) is 1. The van der Waals surface area contributed by atoms with Gasteiger partial charge in [-0.25, -0.2) is 0 Å². The van der Waals surface area contributed by atoms with Gasteiger partial charge in [-0.3, -0.25) is 0 Å². The van der Waals surface area contributed by atoms with Gasteiger partial charge in [0.2, 0.25) is 0 Å². The predicted molar refractivity (Wildman–Crippen MR) is 160 cm³/mol. The van der Waals surface area contributed by atoms with E-state index in [1.165, 1.54) is 64.6 Å². The van der Waals surface area contributed by atoms with Crippen LogP contribution >= 0.6 is 0 Å². The number of hydrogen-bond donors (Lipinski definition) is 1. The number of unbranched alkanes of at least 4 members (excludes halogenated alkanes) is 8. The molecule has 0 aliphatic rings. The summed E-state index contributed by atoms with van der Waals surface area (Å²) in [6.07, 6.45) is 19.5. The molecule has 3 aromatic rings. The van der Waals surface area contributed by atoms with Crippen molar-refractivity contribution in [3.8, 4) is 0 Å². The van der Waals surface area contributed by atoms with Crippen LogP contribution in [0.2, 0.25) is 5.25 Å². The predicted octanol–water partition coefficient (Wildman–Crippen LogP) is 7.16. The Balaban J connectivity index is 1.65. The summed E-state index contributed by atoms with van der Waals surface area (Å²) in [4.78, 5) is 0. The van der Waals surface area contributed by atoms with E-state index in [0.717, 1.165) is 11.7 Å². The minimum absolute atomic E-state index is 0.526. The summed E-state index contributed by atoms with van der Waals surface area (Å²) in [6.45, 7) is 2.27. The molecule has 3 aromatic carbocycles. The number of benzene rings is 3. The molecule has 0 amide bonds. The van der Waals surface area contributed by atoms with Crippen molar-refractivity contribution in [1.82, 2.24) is 0 Å². The molecule has 1 N–H and O–H groups in total. The normalized spacial score (nSPS) is 12.9. The van der Waals surface area contributed by atoms with Crippen molar-refractivity contribution in [3.63, 3.8) is 0 Å². The second-order valence-corrected chi connectivity index (χ2v) is 18.1. The fourth-order valence-corrected chi connectivity index (χ4v) is 14.5. The van der Waals surface area contributed by atoms with E-state index in [4.69, 9.17) is 0 Å². The van der Waals surface area contributed by atoms with Crippen molar-refractivity contribution >= 4 is 26.5 Å². The summed E-state index contributed by atoms with van der Waals surface area (Å²) < 4.78 is 4.33. The van der Waals surface area contributed by atoms with Gasteiger partial charge < -0.3 is 0 Å². The van der Waals surface area contributed by atoms with Crippen molar-refractivity contribution in [2.75, 3.05) is 0 Å². The molecule has 0 fully saturated rings. The Morgan fingerprint density at radius 1 is 0.583 bits per heavy atom. The monoisotopic (exact) mass is 542 g/mol. The topological polar surface area (TPSA) is 20.2 Å². The molecule has 0 aliphatic carbocycles.